The maximum absolute atomic E-state index is 15.6. The number of rotatable bonds is 5. The zero-order valence-corrected chi connectivity index (χ0v) is 21.1. The summed E-state index contributed by atoms with van der Waals surface area (Å²) in [6.07, 6.45) is 3.01. The van der Waals surface area contributed by atoms with E-state index in [-0.39, 0.29) is 34.7 Å². The Labute approximate surface area is 217 Å². The zero-order valence-electron chi connectivity index (χ0n) is 20.3. The average Bonchev–Trinajstić information content (AvgIpc) is 3.70. The summed E-state index contributed by atoms with van der Waals surface area (Å²) < 4.78 is 36.3. The number of benzene rings is 2. The Morgan fingerprint density at radius 1 is 1.19 bits per heavy atom. The number of ether oxygens (including phenoxy) is 1. The second-order valence-corrected chi connectivity index (χ2v) is 9.76. The van der Waals surface area contributed by atoms with Gasteiger partial charge in [-0.3, -0.25) is 4.79 Å². The molecule has 1 saturated heterocycles. The molecule has 0 amide bonds. The molecule has 2 N–H and O–H groups in total. The molecule has 5 rings (SSSR count). The minimum Gasteiger partial charge on any atom is -0.492 e. The van der Waals surface area contributed by atoms with E-state index in [9.17, 15) is 19.1 Å². The molecule has 194 valence electrons. The first-order chi connectivity index (χ1) is 17.7. The molecule has 1 aromatic heterocycles. The number of carbonyl (C=O) groups is 1. The number of pyridine rings is 1. The van der Waals surface area contributed by atoms with Crippen LogP contribution in [-0.2, 0) is 0 Å². The number of hydrogen-bond donors (Lipinski definition) is 2. The molecule has 11 heteroatoms. The van der Waals surface area contributed by atoms with E-state index in [1.54, 1.807) is 16.7 Å². The lowest BCUT2D eigenvalue weighted by molar-refractivity contribution is 0.0694. The Morgan fingerprint density at radius 2 is 1.89 bits per heavy atom. The third kappa shape index (κ3) is 4.59. The van der Waals surface area contributed by atoms with Gasteiger partial charge in [-0.05, 0) is 62.3 Å². The molecule has 1 atom stereocenters. The van der Waals surface area contributed by atoms with Crippen LogP contribution in [0.4, 0.5) is 20.2 Å². The first-order valence-electron chi connectivity index (χ1n) is 12.0. The van der Waals surface area contributed by atoms with Crippen LogP contribution in [0.3, 0.4) is 0 Å². The molecule has 0 spiro atoms. The molecule has 3 aromatic rings. The molecule has 2 heterocycles. The topological polar surface area (TPSA) is 87.0 Å². The number of aromatic carboxylic acids is 1. The number of fused-ring (bicyclic) bond motifs is 1. The molecule has 8 nitrogen and oxygen atoms in total. The molecule has 1 saturated carbocycles. The van der Waals surface area contributed by atoms with Gasteiger partial charge in [-0.25, -0.2) is 13.6 Å². The highest BCUT2D eigenvalue weighted by atomic mass is 32.1. The van der Waals surface area contributed by atoms with E-state index in [1.165, 1.54) is 25.4 Å². The summed E-state index contributed by atoms with van der Waals surface area (Å²) >= 11 is 5.58. The summed E-state index contributed by atoms with van der Waals surface area (Å²) in [4.78, 5) is 28.5. The first kappa shape index (κ1) is 24.9. The largest absolute Gasteiger partial charge is 0.492 e. The van der Waals surface area contributed by atoms with Crippen LogP contribution in [-0.4, -0.2) is 58.4 Å². The van der Waals surface area contributed by atoms with Gasteiger partial charge in [-0.15, -0.1) is 0 Å². The van der Waals surface area contributed by atoms with E-state index in [0.717, 1.165) is 18.9 Å². The summed E-state index contributed by atoms with van der Waals surface area (Å²) in [6.45, 7) is 3.30. The average molecular weight is 529 g/mol. The van der Waals surface area contributed by atoms with Gasteiger partial charge in [0.25, 0.3) is 0 Å². The number of carboxylic acid groups (broad SMARTS) is 1. The molecule has 37 heavy (non-hydrogen) atoms. The number of anilines is 2. The van der Waals surface area contributed by atoms with Crippen LogP contribution in [0.1, 0.15) is 36.2 Å². The third-order valence-corrected chi connectivity index (χ3v) is 7.21. The van der Waals surface area contributed by atoms with Gasteiger partial charge >= 0.3 is 5.97 Å². The van der Waals surface area contributed by atoms with Crippen molar-refractivity contribution in [2.75, 3.05) is 37.0 Å². The standard InChI is InChI=1S/C26H26F2N4O4S/c1-14-12-30(9-10-31(14)26(37)29-16-5-3-15(27)4-6-16)22-20(28)11-18-21(24(22)36-2)32(17-7-8-17)13-19(23(18)33)25(34)35/h3-6,11,13-14,17H,7-10,12H2,1-2H3,(H,29,37)(H,34,35)/t14-/m0/s1. The van der Waals surface area contributed by atoms with E-state index >= 15 is 4.39 Å². The van der Waals surface area contributed by atoms with Crippen molar-refractivity contribution >= 4 is 45.6 Å². The molecule has 1 aliphatic heterocycles. The van der Waals surface area contributed by atoms with Gasteiger partial charge in [0.15, 0.2) is 16.7 Å². The maximum Gasteiger partial charge on any atom is 0.341 e. The second-order valence-electron chi connectivity index (χ2n) is 9.38. The second kappa shape index (κ2) is 9.62. The lowest BCUT2D eigenvalue weighted by Gasteiger charge is -2.42. The highest BCUT2D eigenvalue weighted by Crippen LogP contribution is 2.44. The fourth-order valence-electron chi connectivity index (χ4n) is 4.92. The van der Waals surface area contributed by atoms with Crippen LogP contribution in [0.15, 0.2) is 41.3 Å². The van der Waals surface area contributed by atoms with Crippen molar-refractivity contribution in [2.45, 2.75) is 31.8 Å². The minimum atomic E-state index is -1.35. The number of carboxylic acids is 1. The third-order valence-electron chi connectivity index (χ3n) is 6.87. The number of aromatic nitrogens is 1. The summed E-state index contributed by atoms with van der Waals surface area (Å²) in [7, 11) is 1.42. The molecule has 2 aliphatic rings. The smallest absolute Gasteiger partial charge is 0.341 e. The number of nitrogens with zero attached hydrogens (tertiary/aromatic N) is 3. The molecule has 1 aliphatic carbocycles. The Balaban J connectivity index is 1.48. The van der Waals surface area contributed by atoms with Crippen LogP contribution in [0.2, 0.25) is 0 Å². The van der Waals surface area contributed by atoms with Crippen LogP contribution < -0.4 is 20.4 Å². The Bertz CT molecular complexity index is 1460. The molecular formula is C26H26F2N4O4S. The Hall–Kier alpha value is -3.73. The van der Waals surface area contributed by atoms with Crippen molar-refractivity contribution in [3.8, 4) is 5.75 Å². The van der Waals surface area contributed by atoms with Gasteiger partial charge in [0.1, 0.15) is 17.1 Å². The molecule has 2 fully saturated rings. The van der Waals surface area contributed by atoms with E-state index in [1.807, 2.05) is 16.7 Å². The van der Waals surface area contributed by atoms with Gasteiger partial charge in [0.05, 0.1) is 18.0 Å². The van der Waals surface area contributed by atoms with Crippen molar-refractivity contribution < 1.29 is 23.4 Å². The van der Waals surface area contributed by atoms with Crippen LogP contribution >= 0.6 is 12.2 Å². The van der Waals surface area contributed by atoms with Crippen molar-refractivity contribution in [1.82, 2.24) is 9.47 Å². The SMILES string of the molecule is COc1c(N2CCN(C(=S)Nc3ccc(F)cc3)[C@@H](C)C2)c(F)cc2c(=O)c(C(=O)O)cn(C3CC3)c12. The number of methoxy groups -OCH3 is 1. The van der Waals surface area contributed by atoms with Gasteiger partial charge in [0.2, 0.25) is 5.43 Å². The fraction of sp³-hybridized carbons (Fsp3) is 0.346. The highest BCUT2D eigenvalue weighted by Gasteiger charge is 2.33. The first-order valence-corrected chi connectivity index (χ1v) is 12.4. The van der Waals surface area contributed by atoms with Gasteiger partial charge in [0, 0.05) is 43.6 Å². The molecule has 2 aromatic carbocycles. The molecule has 0 unspecified atom stereocenters. The maximum atomic E-state index is 15.6. The quantitative estimate of drug-likeness (QED) is 0.476. The fourth-order valence-corrected chi connectivity index (χ4v) is 5.30. The Morgan fingerprint density at radius 3 is 2.49 bits per heavy atom. The molecule has 0 radical (unpaired) electrons. The zero-order chi connectivity index (χ0) is 26.4. The highest BCUT2D eigenvalue weighted by molar-refractivity contribution is 7.80. The van der Waals surface area contributed by atoms with Crippen molar-refractivity contribution in [2.24, 2.45) is 0 Å². The van der Waals surface area contributed by atoms with Gasteiger partial charge in [-0.2, -0.15) is 0 Å². The number of thiocarbonyl (C=S) groups is 1. The van der Waals surface area contributed by atoms with Crippen LogP contribution in [0.25, 0.3) is 10.9 Å². The number of halogens is 2. The van der Waals surface area contributed by atoms with Gasteiger partial charge in [-0.1, -0.05) is 0 Å². The summed E-state index contributed by atoms with van der Waals surface area (Å²) in [5, 5.41) is 13.1. The van der Waals surface area contributed by atoms with Crippen molar-refractivity contribution in [3.63, 3.8) is 0 Å². The lowest BCUT2D eigenvalue weighted by Crippen LogP contribution is -2.55. The summed E-state index contributed by atoms with van der Waals surface area (Å²) in [6, 6.07) is 6.95. The molecular weight excluding hydrogens is 502 g/mol. The normalized spacial score (nSPS) is 17.7. The monoisotopic (exact) mass is 528 g/mol. The number of nitrogens with one attached hydrogen (secondary N) is 1. The summed E-state index contributed by atoms with van der Waals surface area (Å²) in [5.41, 5.74) is 0.175. The number of hydrogen-bond acceptors (Lipinski definition) is 5. The lowest BCUT2D eigenvalue weighted by atomic mass is 10.1. The predicted octanol–water partition coefficient (Wildman–Crippen LogP) is 4.23. The van der Waals surface area contributed by atoms with Crippen molar-refractivity contribution in [1.29, 1.82) is 0 Å². The van der Waals surface area contributed by atoms with E-state index in [2.05, 4.69) is 5.32 Å². The molecule has 0 bridgehead atoms. The van der Waals surface area contributed by atoms with E-state index in [0.29, 0.717) is 36.0 Å². The van der Waals surface area contributed by atoms with Crippen molar-refractivity contribution in [3.05, 3.63) is 63.9 Å². The summed E-state index contributed by atoms with van der Waals surface area (Å²) in [5.74, 6) is -2.13. The van der Waals surface area contributed by atoms with E-state index < -0.39 is 22.8 Å². The predicted molar refractivity (Wildman–Crippen MR) is 141 cm³/mol. The minimum absolute atomic E-state index is 0.0127. The number of piperazine rings is 1. The Kier molecular flexibility index (Phi) is 6.49. The van der Waals surface area contributed by atoms with Gasteiger partial charge < -0.3 is 29.5 Å². The van der Waals surface area contributed by atoms with E-state index in [4.69, 9.17) is 17.0 Å². The van der Waals surface area contributed by atoms with Crippen LogP contribution in [0, 0.1) is 11.6 Å². The van der Waals surface area contributed by atoms with Crippen LogP contribution in [0.5, 0.6) is 5.75 Å².